The first-order chi connectivity index (χ1) is 6.09. The van der Waals surface area contributed by atoms with Crippen molar-refractivity contribution in [2.24, 2.45) is 5.92 Å². The van der Waals surface area contributed by atoms with Crippen LogP contribution < -0.4 is 5.32 Å². The van der Waals surface area contributed by atoms with E-state index < -0.39 is 0 Å². The van der Waals surface area contributed by atoms with Gasteiger partial charge in [0, 0.05) is 12.1 Å². The SMILES string of the molecule is CC(C)=CC(=O)N[C@@H](C)C1CCC1. The minimum atomic E-state index is 0.0550. The van der Waals surface area contributed by atoms with Gasteiger partial charge in [-0.25, -0.2) is 0 Å². The molecule has 0 aromatic rings. The number of amides is 1. The van der Waals surface area contributed by atoms with E-state index in [2.05, 4.69) is 12.2 Å². The van der Waals surface area contributed by atoms with Gasteiger partial charge in [0.15, 0.2) is 0 Å². The average molecular weight is 181 g/mol. The standard InChI is InChI=1S/C11H19NO/c1-8(2)7-11(13)12-9(3)10-5-4-6-10/h7,9-10H,4-6H2,1-3H3,(H,12,13)/t9-/m0/s1. The lowest BCUT2D eigenvalue weighted by molar-refractivity contribution is -0.117. The van der Waals surface area contributed by atoms with Crippen LogP contribution >= 0.6 is 0 Å². The smallest absolute Gasteiger partial charge is 0.244 e. The van der Waals surface area contributed by atoms with Gasteiger partial charge in [0.1, 0.15) is 0 Å². The maximum Gasteiger partial charge on any atom is 0.244 e. The highest BCUT2D eigenvalue weighted by Gasteiger charge is 2.24. The van der Waals surface area contributed by atoms with Gasteiger partial charge >= 0.3 is 0 Å². The molecule has 0 heterocycles. The summed E-state index contributed by atoms with van der Waals surface area (Å²) in [5.41, 5.74) is 1.05. The van der Waals surface area contributed by atoms with Crippen molar-refractivity contribution in [2.45, 2.75) is 46.1 Å². The molecule has 2 heteroatoms. The zero-order valence-corrected chi connectivity index (χ0v) is 8.76. The van der Waals surface area contributed by atoms with E-state index in [0.29, 0.717) is 6.04 Å². The maximum atomic E-state index is 11.3. The number of carbonyl (C=O) groups is 1. The monoisotopic (exact) mass is 181 g/mol. The van der Waals surface area contributed by atoms with Gasteiger partial charge in [-0.1, -0.05) is 12.0 Å². The summed E-state index contributed by atoms with van der Waals surface area (Å²) in [6.07, 6.45) is 5.54. The average Bonchev–Trinajstić information content (AvgIpc) is 1.78. The van der Waals surface area contributed by atoms with Gasteiger partial charge < -0.3 is 5.32 Å². The molecule has 1 N–H and O–H groups in total. The lowest BCUT2D eigenvalue weighted by Gasteiger charge is -2.31. The molecule has 1 aliphatic rings. The number of hydrogen-bond donors (Lipinski definition) is 1. The highest BCUT2D eigenvalue weighted by Crippen LogP contribution is 2.29. The molecule has 0 aromatic carbocycles. The number of allylic oxidation sites excluding steroid dienone is 1. The Hall–Kier alpha value is -0.790. The summed E-state index contributed by atoms with van der Waals surface area (Å²) in [6.45, 7) is 5.97. The minimum Gasteiger partial charge on any atom is -0.350 e. The second kappa shape index (κ2) is 4.45. The molecule has 13 heavy (non-hydrogen) atoms. The first-order valence-corrected chi connectivity index (χ1v) is 5.05. The van der Waals surface area contributed by atoms with Crippen molar-refractivity contribution in [3.05, 3.63) is 11.6 Å². The fourth-order valence-electron chi connectivity index (χ4n) is 1.59. The van der Waals surface area contributed by atoms with E-state index in [1.807, 2.05) is 13.8 Å². The van der Waals surface area contributed by atoms with Crippen molar-refractivity contribution in [3.8, 4) is 0 Å². The van der Waals surface area contributed by atoms with Crippen molar-refractivity contribution >= 4 is 5.91 Å². The fourth-order valence-corrected chi connectivity index (χ4v) is 1.59. The predicted molar refractivity (Wildman–Crippen MR) is 54.4 cm³/mol. The van der Waals surface area contributed by atoms with E-state index in [0.717, 1.165) is 11.5 Å². The summed E-state index contributed by atoms with van der Waals surface area (Å²) in [7, 11) is 0. The van der Waals surface area contributed by atoms with Crippen LogP contribution in [0.2, 0.25) is 0 Å². The lowest BCUT2D eigenvalue weighted by Crippen LogP contribution is -2.40. The first-order valence-electron chi connectivity index (χ1n) is 5.05. The molecule has 0 saturated heterocycles. The molecule has 1 rings (SSSR count). The molecule has 2 nitrogen and oxygen atoms in total. The van der Waals surface area contributed by atoms with Gasteiger partial charge in [0.2, 0.25) is 5.91 Å². The van der Waals surface area contributed by atoms with Crippen molar-refractivity contribution in [1.29, 1.82) is 0 Å². The van der Waals surface area contributed by atoms with Crippen molar-refractivity contribution in [1.82, 2.24) is 5.32 Å². The molecule has 1 aliphatic carbocycles. The van der Waals surface area contributed by atoms with Crippen LogP contribution in [0.1, 0.15) is 40.0 Å². The van der Waals surface area contributed by atoms with Gasteiger partial charge in [0.05, 0.1) is 0 Å². The topological polar surface area (TPSA) is 29.1 Å². The van der Waals surface area contributed by atoms with Gasteiger partial charge in [-0.15, -0.1) is 0 Å². The largest absolute Gasteiger partial charge is 0.350 e. The quantitative estimate of drug-likeness (QED) is 0.665. The van der Waals surface area contributed by atoms with Crippen LogP contribution in [-0.2, 0) is 4.79 Å². The summed E-state index contributed by atoms with van der Waals surface area (Å²) >= 11 is 0. The van der Waals surface area contributed by atoms with Crippen LogP contribution in [0, 0.1) is 5.92 Å². The van der Waals surface area contributed by atoms with Crippen LogP contribution in [0.4, 0.5) is 0 Å². The molecule has 0 aliphatic heterocycles. The molecular formula is C11H19NO. The highest BCUT2D eigenvalue weighted by molar-refractivity contribution is 5.88. The van der Waals surface area contributed by atoms with Crippen LogP contribution in [0.5, 0.6) is 0 Å². The number of hydrogen-bond acceptors (Lipinski definition) is 1. The number of rotatable bonds is 3. The van der Waals surface area contributed by atoms with E-state index in [-0.39, 0.29) is 5.91 Å². The molecule has 0 spiro atoms. The van der Waals surface area contributed by atoms with E-state index in [9.17, 15) is 4.79 Å². The summed E-state index contributed by atoms with van der Waals surface area (Å²) in [5, 5.41) is 3.00. The van der Waals surface area contributed by atoms with Gasteiger partial charge in [-0.05, 0) is 39.5 Å². The zero-order chi connectivity index (χ0) is 9.84. The second-order valence-electron chi connectivity index (χ2n) is 4.21. The Labute approximate surface area is 80.4 Å². The minimum absolute atomic E-state index is 0.0550. The third kappa shape index (κ3) is 3.21. The van der Waals surface area contributed by atoms with Crippen molar-refractivity contribution in [2.75, 3.05) is 0 Å². The van der Waals surface area contributed by atoms with E-state index >= 15 is 0 Å². The van der Waals surface area contributed by atoms with Crippen LogP contribution in [0.3, 0.4) is 0 Å². The number of nitrogens with one attached hydrogen (secondary N) is 1. The Kier molecular flexibility index (Phi) is 3.52. The predicted octanol–water partition coefficient (Wildman–Crippen LogP) is 2.26. The third-order valence-electron chi connectivity index (χ3n) is 2.65. The van der Waals surface area contributed by atoms with Crippen molar-refractivity contribution in [3.63, 3.8) is 0 Å². The van der Waals surface area contributed by atoms with E-state index in [1.54, 1.807) is 6.08 Å². The van der Waals surface area contributed by atoms with Crippen LogP contribution in [-0.4, -0.2) is 11.9 Å². The third-order valence-corrected chi connectivity index (χ3v) is 2.65. The second-order valence-corrected chi connectivity index (χ2v) is 4.21. The lowest BCUT2D eigenvalue weighted by atomic mass is 9.80. The highest BCUT2D eigenvalue weighted by atomic mass is 16.1. The van der Waals surface area contributed by atoms with E-state index in [1.165, 1.54) is 19.3 Å². The molecule has 1 atom stereocenters. The van der Waals surface area contributed by atoms with E-state index in [4.69, 9.17) is 0 Å². The molecule has 0 unspecified atom stereocenters. The van der Waals surface area contributed by atoms with Gasteiger partial charge in [-0.2, -0.15) is 0 Å². The Morgan fingerprint density at radius 3 is 2.46 bits per heavy atom. The van der Waals surface area contributed by atoms with Gasteiger partial charge in [0.25, 0.3) is 0 Å². The first kappa shape index (κ1) is 10.3. The summed E-state index contributed by atoms with van der Waals surface area (Å²) in [5.74, 6) is 0.772. The van der Waals surface area contributed by atoms with Crippen LogP contribution in [0.25, 0.3) is 0 Å². The molecule has 0 radical (unpaired) electrons. The Morgan fingerprint density at radius 2 is 2.08 bits per heavy atom. The van der Waals surface area contributed by atoms with Crippen molar-refractivity contribution < 1.29 is 4.79 Å². The summed E-state index contributed by atoms with van der Waals surface area (Å²) in [4.78, 5) is 11.3. The van der Waals surface area contributed by atoms with Gasteiger partial charge in [-0.3, -0.25) is 4.79 Å². The van der Waals surface area contributed by atoms with Crippen LogP contribution in [0.15, 0.2) is 11.6 Å². The Balaban J connectivity index is 2.30. The number of carbonyl (C=O) groups excluding carboxylic acids is 1. The Bertz CT molecular complexity index is 212. The molecule has 0 bridgehead atoms. The summed E-state index contributed by atoms with van der Waals surface area (Å²) in [6, 6.07) is 0.344. The summed E-state index contributed by atoms with van der Waals surface area (Å²) < 4.78 is 0. The molecule has 1 saturated carbocycles. The fraction of sp³-hybridized carbons (Fsp3) is 0.727. The molecular weight excluding hydrogens is 162 g/mol. The normalized spacial score (nSPS) is 18.7. The molecule has 1 amide bonds. The molecule has 74 valence electrons. The molecule has 0 aromatic heterocycles. The molecule has 1 fully saturated rings. The maximum absolute atomic E-state index is 11.3. The zero-order valence-electron chi connectivity index (χ0n) is 8.76. The Morgan fingerprint density at radius 1 is 1.46 bits per heavy atom.